The minimum atomic E-state index is -0.146. The third-order valence-electron chi connectivity index (χ3n) is 3.23. The van der Waals surface area contributed by atoms with E-state index in [0.29, 0.717) is 19.6 Å². The zero-order chi connectivity index (χ0) is 14.9. The topological polar surface area (TPSA) is 61.8 Å². The number of nitrogens with zero attached hydrogens (tertiary/aromatic N) is 1. The Bertz CT molecular complexity index is 534. The Morgan fingerprint density at radius 3 is 3.14 bits per heavy atom. The van der Waals surface area contributed by atoms with Gasteiger partial charge < -0.3 is 15.2 Å². The number of nitrogens with one attached hydrogen (secondary N) is 1. The summed E-state index contributed by atoms with van der Waals surface area (Å²) in [6, 6.07) is 7.50. The molecule has 0 radical (unpaired) electrons. The molecule has 112 valence electrons. The first-order valence-electron chi connectivity index (χ1n) is 7.09. The van der Waals surface area contributed by atoms with E-state index in [4.69, 9.17) is 9.84 Å². The number of hydrogen-bond acceptors (Lipinski definition) is 4. The molecule has 5 nitrogen and oxygen atoms in total. The summed E-state index contributed by atoms with van der Waals surface area (Å²) in [6.45, 7) is 3.55. The van der Waals surface area contributed by atoms with Crippen molar-refractivity contribution >= 4 is 5.91 Å². The van der Waals surface area contributed by atoms with Crippen molar-refractivity contribution in [3.8, 4) is 17.6 Å². The van der Waals surface area contributed by atoms with Crippen molar-refractivity contribution in [2.45, 2.75) is 6.42 Å². The number of amides is 1. The normalized spacial score (nSPS) is 15.6. The molecule has 1 amide bonds. The highest BCUT2D eigenvalue weighted by Crippen LogP contribution is 2.12. The second-order valence-corrected chi connectivity index (χ2v) is 4.78. The molecule has 0 aliphatic carbocycles. The predicted octanol–water partition coefficient (Wildman–Crippen LogP) is 0.231. The number of ether oxygens (including phenoxy) is 1. The molecule has 0 atom stereocenters. The summed E-state index contributed by atoms with van der Waals surface area (Å²) < 4.78 is 5.72. The molecule has 0 saturated carbocycles. The van der Waals surface area contributed by atoms with Gasteiger partial charge in [-0.3, -0.25) is 9.69 Å². The van der Waals surface area contributed by atoms with Crippen LogP contribution in [0.4, 0.5) is 0 Å². The van der Waals surface area contributed by atoms with Crippen molar-refractivity contribution in [3.63, 3.8) is 0 Å². The van der Waals surface area contributed by atoms with Crippen LogP contribution < -0.4 is 10.1 Å². The van der Waals surface area contributed by atoms with Crippen molar-refractivity contribution in [1.29, 1.82) is 0 Å². The lowest BCUT2D eigenvalue weighted by Gasteiger charge is -2.18. The number of hydrogen-bond donors (Lipinski definition) is 2. The van der Waals surface area contributed by atoms with Crippen LogP contribution in [0.5, 0.6) is 5.75 Å². The fraction of sp³-hybridized carbons (Fsp3) is 0.438. The molecule has 5 heteroatoms. The third-order valence-corrected chi connectivity index (χ3v) is 3.23. The quantitative estimate of drug-likeness (QED) is 0.779. The second-order valence-electron chi connectivity index (χ2n) is 4.78. The minimum Gasteiger partial charge on any atom is -0.492 e. The lowest BCUT2D eigenvalue weighted by molar-refractivity contribution is -0.120. The van der Waals surface area contributed by atoms with E-state index in [0.717, 1.165) is 30.9 Å². The molecule has 1 aromatic rings. The average Bonchev–Trinajstić information content (AvgIpc) is 2.70. The Morgan fingerprint density at radius 2 is 2.29 bits per heavy atom. The zero-order valence-electron chi connectivity index (χ0n) is 12.0. The first kappa shape index (κ1) is 15.4. The smallest absolute Gasteiger partial charge is 0.221 e. The molecule has 1 aliphatic heterocycles. The summed E-state index contributed by atoms with van der Waals surface area (Å²) in [5.74, 6) is 6.35. The SMILES string of the molecule is O=C1CCN(CCOc2cccc(C#CCO)c2)CCN1. The standard InChI is InChI=1S/C16H20N2O3/c19-11-2-4-14-3-1-5-15(13-14)21-12-10-18-8-6-16(20)17-7-9-18/h1,3,5,13,19H,6-12H2,(H,17,20). The number of carbonyl (C=O) groups is 1. The van der Waals surface area contributed by atoms with Crippen LogP contribution in [0, 0.1) is 11.8 Å². The summed E-state index contributed by atoms with van der Waals surface area (Å²) >= 11 is 0. The van der Waals surface area contributed by atoms with E-state index < -0.39 is 0 Å². The van der Waals surface area contributed by atoms with Gasteiger partial charge in [0.05, 0.1) is 0 Å². The van der Waals surface area contributed by atoms with Crippen LogP contribution in [0.15, 0.2) is 24.3 Å². The molecule has 0 bridgehead atoms. The van der Waals surface area contributed by atoms with Crippen LogP contribution in [-0.2, 0) is 4.79 Å². The zero-order valence-corrected chi connectivity index (χ0v) is 12.0. The maximum atomic E-state index is 11.2. The Balaban J connectivity index is 1.79. The van der Waals surface area contributed by atoms with Crippen molar-refractivity contribution in [2.75, 3.05) is 39.4 Å². The highest BCUT2D eigenvalue weighted by molar-refractivity contribution is 5.76. The summed E-state index contributed by atoms with van der Waals surface area (Å²) in [5.41, 5.74) is 0.825. The van der Waals surface area contributed by atoms with Crippen LogP contribution in [-0.4, -0.2) is 55.3 Å². The van der Waals surface area contributed by atoms with Gasteiger partial charge in [-0.2, -0.15) is 0 Å². The fourth-order valence-corrected chi connectivity index (χ4v) is 2.13. The molecule has 2 rings (SSSR count). The largest absolute Gasteiger partial charge is 0.492 e. The van der Waals surface area contributed by atoms with Crippen LogP contribution in [0.3, 0.4) is 0 Å². The van der Waals surface area contributed by atoms with Crippen molar-refractivity contribution in [1.82, 2.24) is 10.2 Å². The predicted molar refractivity (Wildman–Crippen MR) is 80.0 cm³/mol. The van der Waals surface area contributed by atoms with E-state index >= 15 is 0 Å². The Labute approximate surface area is 124 Å². The molecular weight excluding hydrogens is 268 g/mol. The Morgan fingerprint density at radius 1 is 1.38 bits per heavy atom. The van der Waals surface area contributed by atoms with Gasteiger partial charge >= 0.3 is 0 Å². The highest BCUT2D eigenvalue weighted by Gasteiger charge is 2.12. The number of aliphatic hydroxyl groups excluding tert-OH is 1. The minimum absolute atomic E-state index is 0.119. The van der Waals surface area contributed by atoms with Crippen LogP contribution >= 0.6 is 0 Å². The molecule has 1 aromatic carbocycles. The van der Waals surface area contributed by atoms with Crippen molar-refractivity contribution < 1.29 is 14.6 Å². The van der Waals surface area contributed by atoms with E-state index in [-0.39, 0.29) is 12.5 Å². The van der Waals surface area contributed by atoms with Crippen LogP contribution in [0.2, 0.25) is 0 Å². The van der Waals surface area contributed by atoms with E-state index in [2.05, 4.69) is 22.1 Å². The maximum absolute atomic E-state index is 11.2. The van der Waals surface area contributed by atoms with Gasteiger partial charge in [0, 0.05) is 38.2 Å². The average molecular weight is 288 g/mol. The molecule has 0 aromatic heterocycles. The first-order valence-corrected chi connectivity index (χ1v) is 7.09. The van der Waals surface area contributed by atoms with E-state index in [9.17, 15) is 4.79 Å². The summed E-state index contributed by atoms with van der Waals surface area (Å²) in [7, 11) is 0. The molecule has 1 heterocycles. The van der Waals surface area contributed by atoms with Crippen molar-refractivity contribution in [3.05, 3.63) is 29.8 Å². The number of carbonyl (C=O) groups excluding carboxylic acids is 1. The molecule has 21 heavy (non-hydrogen) atoms. The first-order chi connectivity index (χ1) is 10.3. The molecule has 1 aliphatic rings. The van der Waals surface area contributed by atoms with E-state index in [1.54, 1.807) is 0 Å². The molecular formula is C16H20N2O3. The van der Waals surface area contributed by atoms with Gasteiger partial charge in [0.1, 0.15) is 19.0 Å². The van der Waals surface area contributed by atoms with Crippen molar-refractivity contribution in [2.24, 2.45) is 0 Å². The van der Waals surface area contributed by atoms with E-state index in [1.807, 2.05) is 24.3 Å². The van der Waals surface area contributed by atoms with Crippen LogP contribution in [0.25, 0.3) is 0 Å². The Hall–Kier alpha value is -2.03. The number of rotatable bonds is 4. The number of aliphatic hydroxyl groups is 1. The molecule has 0 unspecified atom stereocenters. The lowest BCUT2D eigenvalue weighted by Crippen LogP contribution is -2.32. The molecule has 2 N–H and O–H groups in total. The fourth-order valence-electron chi connectivity index (χ4n) is 2.13. The second kappa shape index (κ2) is 8.30. The van der Waals surface area contributed by atoms with Gasteiger partial charge in [-0.15, -0.1) is 0 Å². The van der Waals surface area contributed by atoms with Gasteiger partial charge in [0.2, 0.25) is 5.91 Å². The molecule has 1 fully saturated rings. The summed E-state index contributed by atoms with van der Waals surface area (Å²) in [6.07, 6.45) is 0.548. The monoisotopic (exact) mass is 288 g/mol. The summed E-state index contributed by atoms with van der Waals surface area (Å²) in [5, 5.41) is 11.5. The molecule has 1 saturated heterocycles. The van der Waals surface area contributed by atoms with Gasteiger partial charge in [-0.05, 0) is 18.2 Å². The van der Waals surface area contributed by atoms with Gasteiger partial charge in [-0.1, -0.05) is 17.9 Å². The van der Waals surface area contributed by atoms with Gasteiger partial charge in [-0.25, -0.2) is 0 Å². The Kier molecular flexibility index (Phi) is 6.07. The van der Waals surface area contributed by atoms with Gasteiger partial charge in [0.15, 0.2) is 0 Å². The lowest BCUT2D eigenvalue weighted by atomic mass is 10.2. The van der Waals surface area contributed by atoms with Gasteiger partial charge in [0.25, 0.3) is 0 Å². The maximum Gasteiger partial charge on any atom is 0.221 e. The summed E-state index contributed by atoms with van der Waals surface area (Å²) in [4.78, 5) is 13.5. The van der Waals surface area contributed by atoms with E-state index in [1.165, 1.54) is 0 Å². The number of benzene rings is 1. The molecule has 0 spiro atoms. The third kappa shape index (κ3) is 5.46. The van der Waals surface area contributed by atoms with Crippen LogP contribution in [0.1, 0.15) is 12.0 Å². The highest BCUT2D eigenvalue weighted by atomic mass is 16.5.